The third kappa shape index (κ3) is 3.94. The van der Waals surface area contributed by atoms with E-state index in [0.717, 1.165) is 45.0 Å². The fraction of sp³-hybridized carbons (Fsp3) is 0.304. The van der Waals surface area contributed by atoms with Crippen LogP contribution in [0.1, 0.15) is 43.6 Å². The van der Waals surface area contributed by atoms with Gasteiger partial charge in [0.1, 0.15) is 5.04 Å². The van der Waals surface area contributed by atoms with Gasteiger partial charge in [0.2, 0.25) is 5.17 Å². The Hall–Kier alpha value is -2.45. The van der Waals surface area contributed by atoms with Gasteiger partial charge < -0.3 is 4.57 Å². The predicted octanol–water partition coefficient (Wildman–Crippen LogP) is 5.91. The number of thioether (sulfide) groups is 1. The fourth-order valence-corrected chi connectivity index (χ4v) is 5.46. The Morgan fingerprint density at radius 2 is 1.97 bits per heavy atom. The number of hydrogen-bond donors (Lipinski definition) is 1. The molecule has 0 atom stereocenters. The second-order valence-corrected chi connectivity index (χ2v) is 9.52. The van der Waals surface area contributed by atoms with Crippen LogP contribution >= 0.6 is 27.7 Å². The molecule has 6 nitrogen and oxygen atoms in total. The molecule has 0 spiro atoms. The molecule has 0 unspecified atom stereocenters. The summed E-state index contributed by atoms with van der Waals surface area (Å²) in [7, 11) is 0. The van der Waals surface area contributed by atoms with Crippen LogP contribution in [0.15, 0.2) is 50.5 Å². The molecular formula is C23H24BrN5OS. The van der Waals surface area contributed by atoms with Gasteiger partial charge in [-0.2, -0.15) is 15.1 Å². The van der Waals surface area contributed by atoms with Crippen LogP contribution in [0.4, 0.5) is 0 Å². The summed E-state index contributed by atoms with van der Waals surface area (Å²) in [6.07, 6.45) is 3.70. The maximum Gasteiger partial charge on any atom is 0.283 e. The number of halogens is 1. The monoisotopic (exact) mass is 497 g/mol. The van der Waals surface area contributed by atoms with Crippen molar-refractivity contribution in [1.82, 2.24) is 9.58 Å². The molecule has 1 aromatic heterocycles. The van der Waals surface area contributed by atoms with E-state index < -0.39 is 5.91 Å². The molecule has 0 radical (unpaired) electrons. The number of aliphatic imine (C=N–C) groups is 1. The number of nitrogens with one attached hydrogen (secondary N) is 1. The number of hydrogen-bond acceptors (Lipinski definition) is 4. The smallest absolute Gasteiger partial charge is 0.283 e. The topological polar surface area (TPSA) is 73.8 Å². The fourth-order valence-electron chi connectivity index (χ4n) is 3.91. The van der Waals surface area contributed by atoms with Crippen molar-refractivity contribution in [3.05, 3.63) is 57.3 Å². The highest BCUT2D eigenvalue weighted by Crippen LogP contribution is 2.33. The quantitative estimate of drug-likeness (QED) is 0.521. The van der Waals surface area contributed by atoms with E-state index in [1.54, 1.807) is 6.08 Å². The molecule has 160 valence electrons. The number of amides is 1. The normalized spacial score (nSPS) is 17.5. The zero-order chi connectivity index (χ0) is 22.3. The molecule has 0 saturated carbocycles. The predicted molar refractivity (Wildman–Crippen MR) is 132 cm³/mol. The molecule has 0 fully saturated rings. The standard InChI is InChI=1S/C23H24BrN5OS/c1-5-15(6-2)22-27-29-20(25)19(21(30)26-23(29)31-22)11-16-10-13(3)28(14(16)4)18-9-7-8-17(24)12-18/h7-12,15,25H,5-6H2,1-4H3. The zero-order valence-electron chi connectivity index (χ0n) is 17.9. The third-order valence-electron chi connectivity index (χ3n) is 5.64. The van der Waals surface area contributed by atoms with Gasteiger partial charge in [0.05, 0.1) is 5.57 Å². The van der Waals surface area contributed by atoms with Crippen LogP contribution in [-0.2, 0) is 4.79 Å². The molecule has 8 heteroatoms. The summed E-state index contributed by atoms with van der Waals surface area (Å²) in [5.74, 6) is 0.00507. The lowest BCUT2D eigenvalue weighted by atomic mass is 10.1. The minimum Gasteiger partial charge on any atom is -0.318 e. The Bertz CT molecular complexity index is 1170. The number of fused-ring (bicyclic) bond motifs is 1. The average molecular weight is 498 g/mol. The number of benzene rings is 1. The minimum absolute atomic E-state index is 0.0794. The van der Waals surface area contributed by atoms with Crippen LogP contribution in [0.3, 0.4) is 0 Å². The van der Waals surface area contributed by atoms with E-state index in [4.69, 9.17) is 5.41 Å². The lowest BCUT2D eigenvalue weighted by Crippen LogP contribution is -2.35. The van der Waals surface area contributed by atoms with Crippen LogP contribution in [0, 0.1) is 25.2 Å². The molecule has 2 aromatic rings. The van der Waals surface area contributed by atoms with E-state index in [1.807, 2.05) is 38.1 Å². The Kier molecular flexibility index (Phi) is 6.03. The van der Waals surface area contributed by atoms with Gasteiger partial charge in [0.25, 0.3) is 5.91 Å². The van der Waals surface area contributed by atoms with Crippen molar-refractivity contribution in [2.75, 3.05) is 0 Å². The lowest BCUT2D eigenvalue weighted by Gasteiger charge is -2.20. The van der Waals surface area contributed by atoms with E-state index in [-0.39, 0.29) is 11.4 Å². The molecule has 4 rings (SSSR count). The van der Waals surface area contributed by atoms with Crippen LogP contribution in [-0.4, -0.2) is 31.5 Å². The summed E-state index contributed by atoms with van der Waals surface area (Å²) < 4.78 is 3.14. The van der Waals surface area contributed by atoms with Gasteiger partial charge in [-0.25, -0.2) is 0 Å². The molecule has 31 heavy (non-hydrogen) atoms. The van der Waals surface area contributed by atoms with Crippen LogP contribution in [0.5, 0.6) is 0 Å². The second kappa shape index (κ2) is 8.59. The van der Waals surface area contributed by atoms with Crippen molar-refractivity contribution in [3.63, 3.8) is 0 Å². The van der Waals surface area contributed by atoms with E-state index in [2.05, 4.69) is 50.5 Å². The first-order valence-electron chi connectivity index (χ1n) is 10.3. The van der Waals surface area contributed by atoms with Gasteiger partial charge in [-0.1, -0.05) is 35.8 Å². The number of carbonyl (C=O) groups is 1. The first-order chi connectivity index (χ1) is 14.8. The van der Waals surface area contributed by atoms with E-state index in [1.165, 1.54) is 16.8 Å². The van der Waals surface area contributed by atoms with Crippen molar-refractivity contribution in [1.29, 1.82) is 5.41 Å². The van der Waals surface area contributed by atoms with Crippen molar-refractivity contribution in [2.45, 2.75) is 40.5 Å². The molecule has 3 heterocycles. The number of aryl methyl sites for hydroxylation is 1. The Balaban J connectivity index is 1.71. The van der Waals surface area contributed by atoms with E-state index in [9.17, 15) is 4.79 Å². The second-order valence-electron chi connectivity index (χ2n) is 7.61. The van der Waals surface area contributed by atoms with Crippen LogP contribution in [0.2, 0.25) is 0 Å². The molecule has 2 aliphatic rings. The first kappa shape index (κ1) is 21.8. The molecule has 0 aliphatic carbocycles. The van der Waals surface area contributed by atoms with Gasteiger partial charge in [0, 0.05) is 27.5 Å². The molecule has 1 N–H and O–H groups in total. The van der Waals surface area contributed by atoms with E-state index in [0.29, 0.717) is 11.1 Å². The minimum atomic E-state index is -0.392. The molecule has 2 aliphatic heterocycles. The number of amidine groups is 2. The number of hydrazone groups is 1. The molecule has 1 amide bonds. The van der Waals surface area contributed by atoms with E-state index >= 15 is 0 Å². The van der Waals surface area contributed by atoms with Crippen molar-refractivity contribution in [2.24, 2.45) is 16.0 Å². The van der Waals surface area contributed by atoms with Gasteiger partial charge in [-0.15, -0.1) is 0 Å². The summed E-state index contributed by atoms with van der Waals surface area (Å²) >= 11 is 4.93. The van der Waals surface area contributed by atoms with Crippen molar-refractivity contribution >= 4 is 55.7 Å². The highest BCUT2D eigenvalue weighted by Gasteiger charge is 2.37. The summed E-state index contributed by atoms with van der Waals surface area (Å²) in [6.45, 7) is 8.29. The summed E-state index contributed by atoms with van der Waals surface area (Å²) in [4.78, 5) is 17.0. The zero-order valence-corrected chi connectivity index (χ0v) is 20.3. The van der Waals surface area contributed by atoms with Crippen LogP contribution < -0.4 is 0 Å². The maximum atomic E-state index is 12.8. The highest BCUT2D eigenvalue weighted by molar-refractivity contribution is 9.10. The third-order valence-corrected chi connectivity index (χ3v) is 7.21. The number of carbonyl (C=O) groups excluding carboxylic acids is 1. The molecular weight excluding hydrogens is 474 g/mol. The number of aromatic nitrogens is 1. The first-order valence-corrected chi connectivity index (χ1v) is 11.9. The molecule has 0 saturated heterocycles. The molecule has 0 bridgehead atoms. The Morgan fingerprint density at radius 1 is 1.23 bits per heavy atom. The van der Waals surface area contributed by atoms with Crippen molar-refractivity contribution in [3.8, 4) is 5.69 Å². The summed E-state index contributed by atoms with van der Waals surface area (Å²) in [5.41, 5.74) is 4.23. The summed E-state index contributed by atoms with van der Waals surface area (Å²) in [6, 6.07) is 10.1. The lowest BCUT2D eigenvalue weighted by molar-refractivity contribution is -0.114. The van der Waals surface area contributed by atoms with Gasteiger partial charge in [0.15, 0.2) is 5.84 Å². The maximum absolute atomic E-state index is 12.8. The summed E-state index contributed by atoms with van der Waals surface area (Å²) in [5, 5.41) is 16.2. The van der Waals surface area contributed by atoms with Crippen molar-refractivity contribution < 1.29 is 4.79 Å². The SMILES string of the molecule is CCC(CC)C1=NN2C(=N)C(=Cc3cc(C)n(-c4cccc(Br)c4)c3C)C(=O)N=C2S1. The average Bonchev–Trinajstić information content (AvgIpc) is 3.26. The molecule has 1 aromatic carbocycles. The van der Waals surface area contributed by atoms with Crippen LogP contribution in [0.25, 0.3) is 11.8 Å². The number of rotatable bonds is 5. The number of nitrogens with zero attached hydrogens (tertiary/aromatic N) is 4. The Labute approximate surface area is 194 Å². The van der Waals surface area contributed by atoms with Gasteiger partial charge in [-0.05, 0) is 74.4 Å². The highest BCUT2D eigenvalue weighted by atomic mass is 79.9. The Morgan fingerprint density at radius 3 is 2.65 bits per heavy atom. The largest absolute Gasteiger partial charge is 0.318 e. The van der Waals surface area contributed by atoms with Gasteiger partial charge in [-0.3, -0.25) is 10.2 Å². The van der Waals surface area contributed by atoms with Gasteiger partial charge >= 0.3 is 0 Å².